The third-order valence-corrected chi connectivity index (χ3v) is 6.63. The van der Waals surface area contributed by atoms with E-state index in [-0.39, 0.29) is 11.0 Å². The van der Waals surface area contributed by atoms with Gasteiger partial charge in [-0.25, -0.2) is 8.42 Å². The standard InChI is InChI=1S/C14H19BrO3S/c15-14-6-2-1-4-12(14)5-3-11-19(16,17)13-7-9-18-10-8-13/h1-2,4,6,13H,3,5,7-11H2. The van der Waals surface area contributed by atoms with Crippen molar-refractivity contribution in [1.82, 2.24) is 0 Å². The predicted octanol–water partition coefficient (Wildman–Crippen LogP) is 2.98. The topological polar surface area (TPSA) is 43.4 Å². The molecule has 2 rings (SSSR count). The lowest BCUT2D eigenvalue weighted by molar-refractivity contribution is 0.0983. The van der Waals surface area contributed by atoms with Gasteiger partial charge in [-0.2, -0.15) is 0 Å². The van der Waals surface area contributed by atoms with Crippen LogP contribution in [0.4, 0.5) is 0 Å². The fraction of sp³-hybridized carbons (Fsp3) is 0.571. The summed E-state index contributed by atoms with van der Waals surface area (Å²) in [6.07, 6.45) is 2.78. The molecule has 0 saturated carbocycles. The Morgan fingerprint density at radius 1 is 1.21 bits per heavy atom. The van der Waals surface area contributed by atoms with Gasteiger partial charge in [0.1, 0.15) is 0 Å². The molecule has 0 radical (unpaired) electrons. The van der Waals surface area contributed by atoms with E-state index in [4.69, 9.17) is 4.74 Å². The summed E-state index contributed by atoms with van der Waals surface area (Å²) in [5.41, 5.74) is 1.17. The highest BCUT2D eigenvalue weighted by molar-refractivity contribution is 9.10. The fourth-order valence-corrected chi connectivity index (χ4v) is 4.64. The first-order chi connectivity index (χ1) is 9.09. The number of aryl methyl sites for hydroxylation is 1. The van der Waals surface area contributed by atoms with Crippen LogP contribution in [0.15, 0.2) is 28.7 Å². The van der Waals surface area contributed by atoms with Crippen LogP contribution in [0.3, 0.4) is 0 Å². The van der Waals surface area contributed by atoms with Gasteiger partial charge in [-0.3, -0.25) is 0 Å². The van der Waals surface area contributed by atoms with E-state index in [9.17, 15) is 8.42 Å². The normalized spacial score (nSPS) is 17.5. The van der Waals surface area contributed by atoms with Gasteiger partial charge in [-0.15, -0.1) is 0 Å². The quantitative estimate of drug-likeness (QED) is 0.823. The summed E-state index contributed by atoms with van der Waals surface area (Å²) < 4.78 is 30.7. The maximum atomic E-state index is 12.2. The predicted molar refractivity (Wildman–Crippen MR) is 80.1 cm³/mol. The van der Waals surface area contributed by atoms with Crippen LogP contribution >= 0.6 is 15.9 Å². The minimum Gasteiger partial charge on any atom is -0.381 e. The van der Waals surface area contributed by atoms with Crippen molar-refractivity contribution in [1.29, 1.82) is 0 Å². The van der Waals surface area contributed by atoms with Gasteiger partial charge >= 0.3 is 0 Å². The van der Waals surface area contributed by atoms with Gasteiger partial charge in [0, 0.05) is 17.7 Å². The molecule has 1 aliphatic heterocycles. The van der Waals surface area contributed by atoms with Crippen LogP contribution in [0.2, 0.25) is 0 Å². The molecule has 1 aromatic carbocycles. The lowest BCUT2D eigenvalue weighted by Crippen LogP contribution is -2.30. The molecule has 1 heterocycles. The molecule has 0 spiro atoms. The minimum atomic E-state index is -2.96. The molecule has 0 amide bonds. The zero-order chi connectivity index (χ0) is 13.7. The van der Waals surface area contributed by atoms with Crippen molar-refractivity contribution in [2.24, 2.45) is 0 Å². The van der Waals surface area contributed by atoms with Gasteiger partial charge in [-0.1, -0.05) is 34.1 Å². The summed E-state index contributed by atoms with van der Waals surface area (Å²) in [5.74, 6) is 0.277. The average molecular weight is 347 g/mol. The number of hydrogen-bond donors (Lipinski definition) is 0. The molecule has 5 heteroatoms. The molecule has 1 fully saturated rings. The van der Waals surface area contributed by atoms with Gasteiger partial charge in [0.25, 0.3) is 0 Å². The van der Waals surface area contributed by atoms with Crippen LogP contribution < -0.4 is 0 Å². The van der Waals surface area contributed by atoms with Crippen molar-refractivity contribution < 1.29 is 13.2 Å². The van der Waals surface area contributed by atoms with Crippen LogP contribution in [-0.2, 0) is 21.0 Å². The van der Waals surface area contributed by atoms with Crippen molar-refractivity contribution in [3.63, 3.8) is 0 Å². The van der Waals surface area contributed by atoms with E-state index >= 15 is 0 Å². The third-order valence-electron chi connectivity index (χ3n) is 3.51. The number of sulfone groups is 1. The first kappa shape index (κ1) is 15.0. The van der Waals surface area contributed by atoms with Crippen molar-refractivity contribution in [3.8, 4) is 0 Å². The first-order valence-corrected chi connectivity index (χ1v) is 9.13. The number of rotatable bonds is 5. The molecule has 1 aliphatic rings. The highest BCUT2D eigenvalue weighted by Gasteiger charge is 2.26. The Balaban J connectivity index is 1.86. The van der Waals surface area contributed by atoms with E-state index in [0.717, 1.165) is 10.9 Å². The van der Waals surface area contributed by atoms with Crippen LogP contribution in [0, 0.1) is 0 Å². The van der Waals surface area contributed by atoms with Gasteiger partial charge < -0.3 is 4.74 Å². The van der Waals surface area contributed by atoms with Crippen molar-refractivity contribution in [2.75, 3.05) is 19.0 Å². The number of ether oxygens (including phenoxy) is 1. The molecule has 19 heavy (non-hydrogen) atoms. The van der Waals surface area contributed by atoms with Crippen molar-refractivity contribution in [3.05, 3.63) is 34.3 Å². The second kappa shape index (κ2) is 6.86. The highest BCUT2D eigenvalue weighted by atomic mass is 79.9. The van der Waals surface area contributed by atoms with Gasteiger partial charge in [-0.05, 0) is 37.3 Å². The molecule has 0 aliphatic carbocycles. The second-order valence-electron chi connectivity index (χ2n) is 4.87. The summed E-state index contributed by atoms with van der Waals surface area (Å²) in [7, 11) is -2.96. The number of halogens is 1. The van der Waals surface area contributed by atoms with Crippen molar-refractivity contribution in [2.45, 2.75) is 30.9 Å². The average Bonchev–Trinajstić information content (AvgIpc) is 2.42. The zero-order valence-corrected chi connectivity index (χ0v) is 13.2. The molecule has 0 aromatic heterocycles. The summed E-state index contributed by atoms with van der Waals surface area (Å²) in [6.45, 7) is 1.16. The Morgan fingerprint density at radius 3 is 2.58 bits per heavy atom. The van der Waals surface area contributed by atoms with Gasteiger partial charge in [0.15, 0.2) is 9.84 Å². The van der Waals surface area contributed by atoms with E-state index in [1.54, 1.807) is 0 Å². The summed E-state index contributed by atoms with van der Waals surface area (Å²) in [4.78, 5) is 0. The first-order valence-electron chi connectivity index (χ1n) is 6.62. The van der Waals surface area contributed by atoms with Crippen LogP contribution in [0.25, 0.3) is 0 Å². The molecule has 3 nitrogen and oxygen atoms in total. The lowest BCUT2D eigenvalue weighted by Gasteiger charge is -2.22. The SMILES string of the molecule is O=S(=O)(CCCc1ccccc1Br)C1CCOCC1. The molecule has 1 aromatic rings. The van der Waals surface area contributed by atoms with Crippen molar-refractivity contribution >= 4 is 25.8 Å². The number of hydrogen-bond acceptors (Lipinski definition) is 3. The summed E-state index contributed by atoms with van der Waals surface area (Å²) in [6, 6.07) is 7.97. The maximum absolute atomic E-state index is 12.2. The Labute approximate surface area is 123 Å². The Morgan fingerprint density at radius 2 is 1.89 bits per heavy atom. The number of benzene rings is 1. The molecular weight excluding hydrogens is 328 g/mol. The zero-order valence-electron chi connectivity index (χ0n) is 10.8. The molecule has 0 atom stereocenters. The smallest absolute Gasteiger partial charge is 0.153 e. The lowest BCUT2D eigenvalue weighted by atomic mass is 10.1. The molecule has 0 N–H and O–H groups in total. The molecule has 1 saturated heterocycles. The van der Waals surface area contributed by atoms with Gasteiger partial charge in [0.2, 0.25) is 0 Å². The van der Waals surface area contributed by atoms with Crippen LogP contribution in [0.5, 0.6) is 0 Å². The van der Waals surface area contributed by atoms with Crippen LogP contribution in [-0.4, -0.2) is 32.6 Å². The van der Waals surface area contributed by atoms with E-state index in [2.05, 4.69) is 15.9 Å². The Kier molecular flexibility index (Phi) is 5.42. The van der Waals surface area contributed by atoms with E-state index < -0.39 is 9.84 Å². The van der Waals surface area contributed by atoms with E-state index in [1.165, 1.54) is 5.56 Å². The fourth-order valence-electron chi connectivity index (χ4n) is 2.37. The summed E-state index contributed by atoms with van der Waals surface area (Å²) in [5, 5.41) is -0.194. The molecule has 0 unspecified atom stereocenters. The van der Waals surface area contributed by atoms with E-state index in [0.29, 0.717) is 32.5 Å². The minimum absolute atomic E-state index is 0.194. The summed E-state index contributed by atoms with van der Waals surface area (Å²) >= 11 is 3.49. The molecule has 106 valence electrons. The van der Waals surface area contributed by atoms with Crippen LogP contribution in [0.1, 0.15) is 24.8 Å². The molecule has 0 bridgehead atoms. The monoisotopic (exact) mass is 346 g/mol. The Bertz CT molecular complexity index is 507. The largest absolute Gasteiger partial charge is 0.381 e. The maximum Gasteiger partial charge on any atom is 0.153 e. The van der Waals surface area contributed by atoms with E-state index in [1.807, 2.05) is 24.3 Å². The highest BCUT2D eigenvalue weighted by Crippen LogP contribution is 2.20. The third kappa shape index (κ3) is 4.29. The molecular formula is C14H19BrO3S. The Hall–Kier alpha value is -0.390. The second-order valence-corrected chi connectivity index (χ2v) is 8.13. The van der Waals surface area contributed by atoms with Gasteiger partial charge in [0.05, 0.1) is 11.0 Å².